The van der Waals surface area contributed by atoms with Gasteiger partial charge >= 0.3 is 12.4 Å². The Morgan fingerprint density at radius 1 is 0.882 bits per heavy atom. The first-order chi connectivity index (χ1) is 7.43. The molecular weight excluding hydrogens is 260 g/mol. The predicted molar refractivity (Wildman–Crippen MR) is 42.7 cm³/mol. The number of hydrogen-bond acceptors (Lipinski definition) is 4. The Balaban J connectivity index is 5.62. The molecule has 0 aliphatic heterocycles. The fourth-order valence-electron chi connectivity index (χ4n) is 1.29. The minimum absolute atomic E-state index is 1.25. The van der Waals surface area contributed by atoms with Gasteiger partial charge in [-0.1, -0.05) is 0 Å². The van der Waals surface area contributed by atoms with Crippen molar-refractivity contribution in [2.45, 2.75) is 24.0 Å². The Labute approximate surface area is 91.6 Å². The van der Waals surface area contributed by atoms with Crippen LogP contribution in [0.15, 0.2) is 0 Å². The van der Waals surface area contributed by atoms with E-state index in [0.717, 1.165) is 0 Å². The first-order valence-electron chi connectivity index (χ1n) is 4.26. The van der Waals surface area contributed by atoms with Gasteiger partial charge in [-0.25, -0.2) is 0 Å². The summed E-state index contributed by atoms with van der Waals surface area (Å²) in [7, 11) is 0. The molecule has 4 nitrogen and oxygen atoms in total. The molecule has 104 valence electrons. The number of nitrogens with two attached hydrogens (primary N) is 1. The first kappa shape index (κ1) is 16.4. The quantitative estimate of drug-likeness (QED) is 0.532. The predicted octanol–water partition coefficient (Wildman–Crippen LogP) is -0.230. The molecule has 0 saturated heterocycles. The molecule has 0 aromatic carbocycles. The zero-order chi connectivity index (χ0) is 14.1. The lowest BCUT2D eigenvalue weighted by Gasteiger charge is -2.39. The van der Waals surface area contributed by atoms with Gasteiger partial charge < -0.3 is 21.1 Å². The molecule has 0 radical (unpaired) electrons. The van der Waals surface area contributed by atoms with Gasteiger partial charge in [0.15, 0.2) is 0 Å². The van der Waals surface area contributed by atoms with Crippen molar-refractivity contribution in [3.05, 3.63) is 0 Å². The summed E-state index contributed by atoms with van der Waals surface area (Å²) in [4.78, 5) is 0. The van der Waals surface area contributed by atoms with E-state index >= 15 is 0 Å². The molecule has 0 rings (SSSR count). The maximum absolute atomic E-state index is 12.3. The van der Waals surface area contributed by atoms with Gasteiger partial charge in [0, 0.05) is 12.0 Å². The smallest absolute Gasteiger partial charge is 0.396 e. The lowest BCUT2D eigenvalue weighted by molar-refractivity contribution is -0.389. The molecule has 0 aliphatic rings. The van der Waals surface area contributed by atoms with Gasteiger partial charge in [0.05, 0.1) is 13.2 Å². The second-order valence-corrected chi connectivity index (χ2v) is 3.40. The SMILES string of the molecule is N[C@@H](CO)[C@@H](CO)C(O)(C(F)(F)F)C(F)(F)F. The molecular formula is C7H11F6NO3. The van der Waals surface area contributed by atoms with E-state index < -0.39 is 43.1 Å². The molecule has 0 amide bonds. The fourth-order valence-corrected chi connectivity index (χ4v) is 1.29. The number of aliphatic hydroxyl groups is 3. The summed E-state index contributed by atoms with van der Waals surface area (Å²) < 4.78 is 73.9. The Morgan fingerprint density at radius 3 is 1.41 bits per heavy atom. The Bertz CT molecular complexity index is 239. The van der Waals surface area contributed by atoms with Crippen LogP contribution in [-0.4, -0.2) is 52.5 Å². The Kier molecular flexibility index (Phi) is 4.79. The van der Waals surface area contributed by atoms with Crippen LogP contribution in [-0.2, 0) is 0 Å². The van der Waals surface area contributed by atoms with Crippen molar-refractivity contribution in [3.8, 4) is 0 Å². The van der Waals surface area contributed by atoms with Crippen LogP contribution in [0.2, 0.25) is 0 Å². The van der Waals surface area contributed by atoms with E-state index in [0.29, 0.717) is 0 Å². The molecule has 0 aromatic heterocycles. The molecule has 5 N–H and O–H groups in total. The minimum atomic E-state index is -6.08. The Hall–Kier alpha value is -0.580. The zero-order valence-electron chi connectivity index (χ0n) is 8.26. The van der Waals surface area contributed by atoms with Gasteiger partial charge in [-0.2, -0.15) is 26.3 Å². The van der Waals surface area contributed by atoms with E-state index in [9.17, 15) is 26.3 Å². The molecule has 0 aromatic rings. The van der Waals surface area contributed by atoms with Gasteiger partial charge in [-0.05, 0) is 0 Å². The summed E-state index contributed by atoms with van der Waals surface area (Å²) in [6, 6.07) is -2.08. The summed E-state index contributed by atoms with van der Waals surface area (Å²) in [5.41, 5.74) is -0.333. The molecule has 0 fully saturated rings. The number of halogens is 6. The molecule has 10 heteroatoms. The van der Waals surface area contributed by atoms with Crippen LogP contribution in [0, 0.1) is 5.92 Å². The minimum Gasteiger partial charge on any atom is -0.396 e. The highest BCUT2D eigenvalue weighted by Gasteiger charge is 2.74. The topological polar surface area (TPSA) is 86.7 Å². The third-order valence-electron chi connectivity index (χ3n) is 2.33. The van der Waals surface area contributed by atoms with E-state index in [4.69, 9.17) is 21.1 Å². The van der Waals surface area contributed by atoms with Crippen LogP contribution < -0.4 is 5.73 Å². The summed E-state index contributed by atoms with van der Waals surface area (Å²) >= 11 is 0. The highest BCUT2D eigenvalue weighted by molar-refractivity contribution is 5.02. The maximum atomic E-state index is 12.3. The monoisotopic (exact) mass is 271 g/mol. The van der Waals surface area contributed by atoms with Gasteiger partial charge in [0.1, 0.15) is 0 Å². The van der Waals surface area contributed by atoms with Crippen LogP contribution in [0.3, 0.4) is 0 Å². The summed E-state index contributed by atoms with van der Waals surface area (Å²) in [6.07, 6.45) is -12.2. The van der Waals surface area contributed by atoms with Crippen molar-refractivity contribution >= 4 is 0 Å². The lowest BCUT2D eigenvalue weighted by atomic mass is 9.81. The van der Waals surface area contributed by atoms with Crippen LogP contribution in [0.25, 0.3) is 0 Å². The number of hydrogen-bond donors (Lipinski definition) is 4. The normalized spacial score (nSPS) is 18.0. The third-order valence-corrected chi connectivity index (χ3v) is 2.33. The number of alkyl halides is 6. The molecule has 2 atom stereocenters. The van der Waals surface area contributed by atoms with Gasteiger partial charge in [-0.3, -0.25) is 0 Å². The lowest BCUT2D eigenvalue weighted by Crippen LogP contribution is -2.66. The molecule has 0 saturated carbocycles. The van der Waals surface area contributed by atoms with Crippen molar-refractivity contribution in [2.75, 3.05) is 13.2 Å². The standard InChI is InChI=1S/C7H11F6NO3/c8-6(9,10)5(17,7(11,12)13)3(1-15)4(14)2-16/h3-4,15-17H,1-2,14H2/t3-,4+/m1/s1. The summed E-state index contributed by atoms with van der Waals surface area (Å²) in [5, 5.41) is 25.8. The largest absolute Gasteiger partial charge is 0.426 e. The Morgan fingerprint density at radius 2 is 1.24 bits per heavy atom. The number of aliphatic hydroxyl groups excluding tert-OH is 2. The van der Waals surface area contributed by atoms with Crippen LogP contribution in [0.5, 0.6) is 0 Å². The van der Waals surface area contributed by atoms with Gasteiger partial charge in [0.25, 0.3) is 5.60 Å². The molecule has 0 unspecified atom stereocenters. The van der Waals surface area contributed by atoms with Crippen molar-refractivity contribution < 1.29 is 41.7 Å². The molecule has 0 heterocycles. The van der Waals surface area contributed by atoms with Crippen LogP contribution in [0.4, 0.5) is 26.3 Å². The van der Waals surface area contributed by atoms with Crippen molar-refractivity contribution in [2.24, 2.45) is 11.7 Å². The van der Waals surface area contributed by atoms with Crippen molar-refractivity contribution in [1.82, 2.24) is 0 Å². The molecule has 0 spiro atoms. The average Bonchev–Trinajstić information content (AvgIpc) is 2.14. The van der Waals surface area contributed by atoms with Crippen LogP contribution >= 0.6 is 0 Å². The van der Waals surface area contributed by atoms with Crippen LogP contribution in [0.1, 0.15) is 0 Å². The van der Waals surface area contributed by atoms with E-state index in [1.165, 1.54) is 0 Å². The number of rotatable bonds is 4. The second-order valence-electron chi connectivity index (χ2n) is 3.40. The summed E-state index contributed by atoms with van der Waals surface area (Å²) in [6.45, 7) is -2.93. The third kappa shape index (κ3) is 2.81. The molecule has 0 bridgehead atoms. The molecule has 0 aliphatic carbocycles. The van der Waals surface area contributed by atoms with Crippen molar-refractivity contribution in [3.63, 3.8) is 0 Å². The zero-order valence-corrected chi connectivity index (χ0v) is 8.26. The van der Waals surface area contributed by atoms with E-state index in [-0.39, 0.29) is 0 Å². The second kappa shape index (κ2) is 4.96. The molecule has 17 heavy (non-hydrogen) atoms. The average molecular weight is 271 g/mol. The van der Waals surface area contributed by atoms with E-state index in [1.807, 2.05) is 0 Å². The van der Waals surface area contributed by atoms with E-state index in [1.54, 1.807) is 0 Å². The van der Waals surface area contributed by atoms with Gasteiger partial charge in [0.2, 0.25) is 0 Å². The van der Waals surface area contributed by atoms with E-state index in [2.05, 4.69) is 0 Å². The fraction of sp³-hybridized carbons (Fsp3) is 1.00. The maximum Gasteiger partial charge on any atom is 0.426 e. The van der Waals surface area contributed by atoms with Gasteiger partial charge in [-0.15, -0.1) is 0 Å². The first-order valence-corrected chi connectivity index (χ1v) is 4.26. The summed E-state index contributed by atoms with van der Waals surface area (Å²) in [5.74, 6) is -2.81. The highest BCUT2D eigenvalue weighted by Crippen LogP contribution is 2.48. The highest BCUT2D eigenvalue weighted by atomic mass is 19.4. The van der Waals surface area contributed by atoms with Crippen molar-refractivity contribution in [1.29, 1.82) is 0 Å².